The van der Waals surface area contributed by atoms with Crippen LogP contribution in [0.4, 0.5) is 0 Å². The van der Waals surface area contributed by atoms with Gasteiger partial charge in [0.05, 0.1) is 30.9 Å². The van der Waals surface area contributed by atoms with Crippen LogP contribution in [0.15, 0.2) is 29.3 Å². The molecule has 2 N–H and O–H groups in total. The number of ether oxygens (including phenoxy) is 2. The quantitative estimate of drug-likeness (QED) is 0.426. The summed E-state index contributed by atoms with van der Waals surface area (Å²) in [5, 5.41) is 3.46. The number of guanidine groups is 1. The average molecular weight is 359 g/mol. The Morgan fingerprint density at radius 1 is 1.38 bits per heavy atom. The Morgan fingerprint density at radius 3 is 3.08 bits per heavy atom. The summed E-state index contributed by atoms with van der Waals surface area (Å²) in [4.78, 5) is 14.7. The van der Waals surface area contributed by atoms with E-state index in [-0.39, 0.29) is 0 Å². The number of nitrogens with zero attached hydrogens (tertiary/aromatic N) is 3. The van der Waals surface area contributed by atoms with Crippen LogP contribution in [0.3, 0.4) is 0 Å². The van der Waals surface area contributed by atoms with Crippen molar-refractivity contribution in [3.63, 3.8) is 0 Å². The number of fused-ring (bicyclic) bond motifs is 1. The molecule has 1 unspecified atom stereocenters. The van der Waals surface area contributed by atoms with Gasteiger partial charge in [0.2, 0.25) is 0 Å². The molecule has 1 aromatic heterocycles. The van der Waals surface area contributed by atoms with Crippen molar-refractivity contribution in [2.75, 3.05) is 53.6 Å². The number of benzene rings is 1. The second-order valence-electron chi connectivity index (χ2n) is 6.59. The minimum absolute atomic E-state index is 0.556. The maximum atomic E-state index is 5.66. The molecule has 1 aliphatic heterocycles. The molecule has 7 nitrogen and oxygen atoms in total. The van der Waals surface area contributed by atoms with E-state index in [1.165, 1.54) is 0 Å². The molecule has 1 aromatic carbocycles. The highest BCUT2D eigenvalue weighted by Gasteiger charge is 2.24. The van der Waals surface area contributed by atoms with Crippen LogP contribution in [-0.4, -0.2) is 74.4 Å². The van der Waals surface area contributed by atoms with Crippen LogP contribution in [0.25, 0.3) is 11.0 Å². The topological polar surface area (TPSA) is 74.8 Å². The molecule has 0 radical (unpaired) electrons. The Morgan fingerprint density at radius 2 is 2.27 bits per heavy atom. The van der Waals surface area contributed by atoms with Gasteiger partial charge in [-0.3, -0.25) is 4.99 Å². The highest BCUT2D eigenvalue weighted by atomic mass is 16.5. The van der Waals surface area contributed by atoms with Crippen LogP contribution in [0, 0.1) is 5.92 Å². The molecule has 0 amide bonds. The van der Waals surface area contributed by atoms with Gasteiger partial charge < -0.3 is 24.7 Å². The minimum Gasteiger partial charge on any atom is -0.382 e. The monoisotopic (exact) mass is 359 g/mol. The van der Waals surface area contributed by atoms with Gasteiger partial charge in [0, 0.05) is 46.1 Å². The summed E-state index contributed by atoms with van der Waals surface area (Å²) in [6, 6.07) is 8.11. The van der Waals surface area contributed by atoms with Crippen molar-refractivity contribution < 1.29 is 9.47 Å². The number of hydrogen-bond acceptors (Lipinski definition) is 4. The van der Waals surface area contributed by atoms with Crippen LogP contribution in [0.2, 0.25) is 0 Å². The molecule has 7 heteroatoms. The molecule has 0 bridgehead atoms. The summed E-state index contributed by atoms with van der Waals surface area (Å²) >= 11 is 0. The lowest BCUT2D eigenvalue weighted by Crippen LogP contribution is -2.41. The van der Waals surface area contributed by atoms with Crippen LogP contribution >= 0.6 is 0 Å². The Kier molecular flexibility index (Phi) is 6.85. The first kappa shape index (κ1) is 18.7. The van der Waals surface area contributed by atoms with Gasteiger partial charge in [0.25, 0.3) is 0 Å². The van der Waals surface area contributed by atoms with Crippen molar-refractivity contribution in [1.82, 2.24) is 20.2 Å². The molecular weight excluding hydrogens is 330 g/mol. The van der Waals surface area contributed by atoms with Crippen molar-refractivity contribution in [3.8, 4) is 0 Å². The summed E-state index contributed by atoms with van der Waals surface area (Å²) in [6.07, 6.45) is 1.97. The molecule has 0 aliphatic carbocycles. The number of hydrogen-bond donors (Lipinski definition) is 2. The van der Waals surface area contributed by atoms with E-state index in [2.05, 4.69) is 31.2 Å². The highest BCUT2D eigenvalue weighted by Crippen LogP contribution is 2.16. The normalized spacial score (nSPS) is 18.0. The first-order valence-corrected chi connectivity index (χ1v) is 9.26. The number of likely N-dealkylation sites (tertiary alicyclic amines) is 1. The molecule has 1 aliphatic rings. The van der Waals surface area contributed by atoms with E-state index >= 15 is 0 Å². The third-order valence-corrected chi connectivity index (χ3v) is 4.67. The van der Waals surface area contributed by atoms with E-state index in [0.29, 0.717) is 19.1 Å². The zero-order chi connectivity index (χ0) is 18.2. The predicted molar refractivity (Wildman–Crippen MR) is 104 cm³/mol. The van der Waals surface area contributed by atoms with Crippen LogP contribution in [0.5, 0.6) is 0 Å². The van der Waals surface area contributed by atoms with Gasteiger partial charge in [-0.2, -0.15) is 0 Å². The van der Waals surface area contributed by atoms with Crippen molar-refractivity contribution in [3.05, 3.63) is 30.1 Å². The van der Waals surface area contributed by atoms with E-state index in [9.17, 15) is 0 Å². The van der Waals surface area contributed by atoms with Gasteiger partial charge in [-0.05, 0) is 18.6 Å². The Balaban J connectivity index is 1.42. The largest absolute Gasteiger partial charge is 0.382 e. The Labute approximate surface area is 154 Å². The summed E-state index contributed by atoms with van der Waals surface area (Å²) < 4.78 is 10.7. The molecule has 2 heterocycles. The number of methoxy groups -OCH3 is 1. The van der Waals surface area contributed by atoms with E-state index in [1.54, 1.807) is 7.11 Å². The molecular formula is C19H29N5O2. The lowest BCUT2D eigenvalue weighted by atomic mass is 10.1. The zero-order valence-electron chi connectivity index (χ0n) is 15.7. The fourth-order valence-electron chi connectivity index (χ4n) is 3.30. The molecule has 0 spiro atoms. The summed E-state index contributed by atoms with van der Waals surface area (Å²) in [6.45, 7) is 4.91. The smallest absolute Gasteiger partial charge is 0.193 e. The summed E-state index contributed by atoms with van der Waals surface area (Å²) in [5.74, 6) is 2.52. The molecule has 1 saturated heterocycles. The Hall–Kier alpha value is -2.12. The first-order valence-electron chi connectivity index (χ1n) is 9.26. The number of para-hydroxylation sites is 2. The van der Waals surface area contributed by atoms with Crippen molar-refractivity contribution in [1.29, 1.82) is 0 Å². The summed E-state index contributed by atoms with van der Waals surface area (Å²) in [5.41, 5.74) is 2.10. The fraction of sp³-hybridized carbons (Fsp3) is 0.579. The van der Waals surface area contributed by atoms with Crippen molar-refractivity contribution >= 4 is 17.0 Å². The third kappa shape index (κ3) is 4.95. The maximum absolute atomic E-state index is 5.66. The average Bonchev–Trinajstić information content (AvgIpc) is 3.29. The molecule has 1 atom stereocenters. The lowest BCUT2D eigenvalue weighted by molar-refractivity contribution is 0.0536. The van der Waals surface area contributed by atoms with Crippen LogP contribution < -0.4 is 5.32 Å². The number of nitrogens with one attached hydrogen (secondary N) is 2. The fourth-order valence-corrected chi connectivity index (χ4v) is 3.30. The second kappa shape index (κ2) is 9.54. The number of aromatic amines is 1. The number of rotatable bonds is 8. The maximum Gasteiger partial charge on any atom is 0.193 e. The molecule has 1 fully saturated rings. The lowest BCUT2D eigenvalue weighted by Gasteiger charge is -2.21. The number of aliphatic imine (C=N–C) groups is 1. The Bertz CT molecular complexity index is 682. The van der Waals surface area contributed by atoms with Gasteiger partial charge in [-0.25, -0.2) is 4.98 Å². The van der Waals surface area contributed by atoms with E-state index < -0.39 is 0 Å². The molecule has 26 heavy (non-hydrogen) atoms. The molecule has 0 saturated carbocycles. The van der Waals surface area contributed by atoms with Gasteiger partial charge in [0.1, 0.15) is 5.82 Å². The predicted octanol–water partition coefficient (Wildman–Crippen LogP) is 1.67. The molecule has 142 valence electrons. The molecule has 3 rings (SSSR count). The third-order valence-electron chi connectivity index (χ3n) is 4.67. The van der Waals surface area contributed by atoms with E-state index in [1.807, 2.05) is 25.2 Å². The van der Waals surface area contributed by atoms with Crippen molar-refractivity contribution in [2.24, 2.45) is 10.9 Å². The first-order chi connectivity index (χ1) is 12.8. The zero-order valence-corrected chi connectivity index (χ0v) is 15.7. The standard InChI is InChI=1S/C19H29N5O2/c1-20-19(24-10-8-15(13-24)14-26-12-11-25-2)21-9-7-18-22-16-5-3-4-6-17(16)23-18/h3-6,15H,7-14H2,1-2H3,(H,20,21)(H,22,23). The van der Waals surface area contributed by atoms with Gasteiger partial charge in [-0.15, -0.1) is 0 Å². The molecule has 2 aromatic rings. The van der Waals surface area contributed by atoms with E-state index in [4.69, 9.17) is 9.47 Å². The highest BCUT2D eigenvalue weighted by molar-refractivity contribution is 5.80. The summed E-state index contributed by atoms with van der Waals surface area (Å²) in [7, 11) is 3.54. The van der Waals surface area contributed by atoms with Gasteiger partial charge >= 0.3 is 0 Å². The van der Waals surface area contributed by atoms with Gasteiger partial charge in [0.15, 0.2) is 5.96 Å². The minimum atomic E-state index is 0.556. The van der Waals surface area contributed by atoms with Crippen LogP contribution in [-0.2, 0) is 15.9 Å². The van der Waals surface area contributed by atoms with Crippen molar-refractivity contribution in [2.45, 2.75) is 12.8 Å². The SMILES string of the molecule is CN=C(NCCc1nc2ccccc2[nH]1)N1CCC(COCCOC)C1. The number of H-pyrrole nitrogens is 1. The number of aromatic nitrogens is 2. The van der Waals surface area contributed by atoms with E-state index in [0.717, 1.165) is 61.9 Å². The number of imidazole rings is 1. The second-order valence-corrected chi connectivity index (χ2v) is 6.59. The van der Waals surface area contributed by atoms with Crippen LogP contribution in [0.1, 0.15) is 12.2 Å². The van der Waals surface area contributed by atoms with Gasteiger partial charge in [-0.1, -0.05) is 12.1 Å².